The number of benzene rings is 1. The van der Waals surface area contributed by atoms with Gasteiger partial charge in [-0.15, -0.1) is 0 Å². The summed E-state index contributed by atoms with van der Waals surface area (Å²) in [4.78, 5) is 32.5. The van der Waals surface area contributed by atoms with Crippen LogP contribution in [0.4, 0.5) is 13.2 Å². The Balaban J connectivity index is 1.68. The van der Waals surface area contributed by atoms with Gasteiger partial charge in [-0.2, -0.15) is 18.3 Å². The summed E-state index contributed by atoms with van der Waals surface area (Å²) in [6.07, 6.45) is -4.72. The average Bonchev–Trinajstić information content (AvgIpc) is 3.15. The quantitative estimate of drug-likeness (QED) is 0.353. The molecule has 1 saturated heterocycles. The van der Waals surface area contributed by atoms with Crippen LogP contribution in [0, 0.1) is 19.8 Å². The van der Waals surface area contributed by atoms with Crippen LogP contribution in [0.1, 0.15) is 62.6 Å². The molecule has 0 radical (unpaired) electrons. The number of fused-ring (bicyclic) bond motifs is 1. The fourth-order valence-corrected chi connectivity index (χ4v) is 5.14. The maximum atomic E-state index is 13.5. The smallest absolute Gasteiger partial charge is 0.368 e. The van der Waals surface area contributed by atoms with E-state index < -0.39 is 29.9 Å². The van der Waals surface area contributed by atoms with Gasteiger partial charge in [0.1, 0.15) is 5.69 Å². The van der Waals surface area contributed by atoms with E-state index in [9.17, 15) is 33.0 Å². The van der Waals surface area contributed by atoms with Crippen molar-refractivity contribution < 1.29 is 33.0 Å². The van der Waals surface area contributed by atoms with Gasteiger partial charge in [-0.25, -0.2) is 9.50 Å². The van der Waals surface area contributed by atoms with Crippen molar-refractivity contribution in [3.63, 3.8) is 0 Å². The minimum Gasteiger partial charge on any atom is -0.368 e. The summed E-state index contributed by atoms with van der Waals surface area (Å²) >= 11 is 12.8. The van der Waals surface area contributed by atoms with E-state index in [1.165, 1.54) is 26.0 Å². The third-order valence-corrected chi connectivity index (χ3v) is 7.20. The standard InChI is InChI=1S/C24H23Cl2F3N4O4/c1-11-9-16(24(27,28)29)31-33-12(2)20(30-22(11)33)21(36)18-15(25)4-3-14(19(18)26)23(37)32-7-5-13(6-8-32)10-17(34)35/h3-4,9,13,17,34-35H,5-8,10H2,1-2H3. The minimum atomic E-state index is -4.69. The first-order valence-electron chi connectivity index (χ1n) is 11.4. The predicted octanol–water partition coefficient (Wildman–Crippen LogP) is 4.46. The Bertz CT molecular complexity index is 1380. The molecule has 1 aliphatic heterocycles. The molecule has 0 unspecified atom stereocenters. The van der Waals surface area contributed by atoms with Gasteiger partial charge in [0.25, 0.3) is 5.91 Å². The highest BCUT2D eigenvalue weighted by Crippen LogP contribution is 2.34. The van der Waals surface area contributed by atoms with Gasteiger partial charge >= 0.3 is 6.18 Å². The molecule has 1 fully saturated rings. The second kappa shape index (κ2) is 10.2. The number of piperidine rings is 1. The number of hydrogen-bond donors (Lipinski definition) is 2. The van der Waals surface area contributed by atoms with Gasteiger partial charge in [-0.3, -0.25) is 9.59 Å². The van der Waals surface area contributed by atoms with Crippen LogP contribution in [0.3, 0.4) is 0 Å². The molecule has 0 atom stereocenters. The predicted molar refractivity (Wildman–Crippen MR) is 129 cm³/mol. The van der Waals surface area contributed by atoms with Gasteiger partial charge in [0.15, 0.2) is 17.6 Å². The van der Waals surface area contributed by atoms with Crippen molar-refractivity contribution in [3.8, 4) is 0 Å². The Kier molecular flexibility index (Phi) is 7.53. The summed E-state index contributed by atoms with van der Waals surface area (Å²) in [6, 6.07) is 3.62. The molecule has 0 aliphatic carbocycles. The number of aliphatic hydroxyl groups excluding tert-OH is 1. The molecule has 1 aliphatic rings. The summed E-state index contributed by atoms with van der Waals surface area (Å²) in [5.74, 6) is -1.11. The summed E-state index contributed by atoms with van der Waals surface area (Å²) in [5, 5.41) is 21.7. The van der Waals surface area contributed by atoms with E-state index >= 15 is 0 Å². The van der Waals surface area contributed by atoms with Crippen LogP contribution in [-0.2, 0) is 6.18 Å². The lowest BCUT2D eigenvalue weighted by Gasteiger charge is -2.32. The number of rotatable bonds is 5. The van der Waals surface area contributed by atoms with Crippen LogP contribution >= 0.6 is 23.2 Å². The number of carbonyl (C=O) groups is 2. The molecule has 1 amide bonds. The number of aryl methyl sites for hydroxylation is 2. The molecular weight excluding hydrogens is 536 g/mol. The molecule has 13 heteroatoms. The Labute approximate surface area is 219 Å². The van der Waals surface area contributed by atoms with Gasteiger partial charge < -0.3 is 15.1 Å². The van der Waals surface area contributed by atoms with E-state index in [2.05, 4.69) is 10.1 Å². The number of ketones is 1. The van der Waals surface area contributed by atoms with Gasteiger partial charge in [-0.1, -0.05) is 23.2 Å². The normalized spacial score (nSPS) is 15.1. The molecule has 2 aromatic heterocycles. The minimum absolute atomic E-state index is 0.0423. The van der Waals surface area contributed by atoms with Crippen LogP contribution in [0.5, 0.6) is 0 Å². The molecule has 1 aromatic carbocycles. The molecule has 198 valence electrons. The van der Waals surface area contributed by atoms with Crippen LogP contribution < -0.4 is 0 Å². The highest BCUT2D eigenvalue weighted by atomic mass is 35.5. The van der Waals surface area contributed by atoms with Crippen LogP contribution in [0.25, 0.3) is 5.65 Å². The van der Waals surface area contributed by atoms with E-state index in [1.54, 1.807) is 4.90 Å². The highest BCUT2D eigenvalue weighted by molar-refractivity contribution is 6.42. The van der Waals surface area contributed by atoms with Crippen molar-refractivity contribution in [2.75, 3.05) is 13.1 Å². The number of likely N-dealkylation sites (tertiary alicyclic amines) is 1. The zero-order chi connectivity index (χ0) is 27.2. The van der Waals surface area contributed by atoms with Crippen LogP contribution in [0.15, 0.2) is 18.2 Å². The number of carbonyl (C=O) groups excluding carboxylic acids is 2. The van der Waals surface area contributed by atoms with Crippen molar-refractivity contribution in [3.05, 3.63) is 62.0 Å². The van der Waals surface area contributed by atoms with Crippen molar-refractivity contribution in [2.45, 2.75) is 45.6 Å². The van der Waals surface area contributed by atoms with Crippen molar-refractivity contribution >= 4 is 40.5 Å². The average molecular weight is 559 g/mol. The zero-order valence-electron chi connectivity index (χ0n) is 19.8. The fourth-order valence-electron chi connectivity index (χ4n) is 4.52. The summed E-state index contributed by atoms with van der Waals surface area (Å²) in [6.45, 7) is 3.58. The van der Waals surface area contributed by atoms with Crippen molar-refractivity contribution in [1.29, 1.82) is 0 Å². The Morgan fingerprint density at radius 1 is 1.16 bits per heavy atom. The molecule has 0 bridgehead atoms. The molecule has 0 spiro atoms. The first-order valence-corrected chi connectivity index (χ1v) is 12.2. The summed E-state index contributed by atoms with van der Waals surface area (Å²) in [5.41, 5.74) is -1.15. The molecule has 0 saturated carbocycles. The lowest BCUT2D eigenvalue weighted by molar-refractivity contribution is -0.141. The second-order valence-electron chi connectivity index (χ2n) is 9.06. The summed E-state index contributed by atoms with van der Waals surface area (Å²) in [7, 11) is 0. The largest absolute Gasteiger partial charge is 0.435 e. The molecule has 2 N–H and O–H groups in total. The number of hydrogen-bond acceptors (Lipinski definition) is 6. The Morgan fingerprint density at radius 3 is 2.41 bits per heavy atom. The van der Waals surface area contributed by atoms with E-state index in [4.69, 9.17) is 23.2 Å². The van der Waals surface area contributed by atoms with Gasteiger partial charge in [0, 0.05) is 19.5 Å². The van der Waals surface area contributed by atoms with E-state index in [1.807, 2.05) is 0 Å². The zero-order valence-corrected chi connectivity index (χ0v) is 21.3. The summed E-state index contributed by atoms with van der Waals surface area (Å²) < 4.78 is 40.7. The topological polar surface area (TPSA) is 108 Å². The third kappa shape index (κ3) is 5.31. The van der Waals surface area contributed by atoms with Gasteiger partial charge in [-0.05, 0) is 56.4 Å². The second-order valence-corrected chi connectivity index (χ2v) is 9.84. The number of aliphatic hydroxyl groups is 2. The maximum Gasteiger partial charge on any atom is 0.435 e. The first-order chi connectivity index (χ1) is 17.3. The SMILES string of the molecule is Cc1cc(C(F)(F)F)nn2c(C)c(C(=O)c3c(Cl)ccc(C(=O)N4CCC(CC(O)O)CC4)c3Cl)nc12. The fraction of sp³-hybridized carbons (Fsp3) is 0.417. The van der Waals surface area contributed by atoms with Gasteiger partial charge in [0.2, 0.25) is 5.78 Å². The molecule has 3 heterocycles. The lowest BCUT2D eigenvalue weighted by atomic mass is 9.93. The first kappa shape index (κ1) is 27.3. The molecule has 37 heavy (non-hydrogen) atoms. The van der Waals surface area contributed by atoms with Crippen LogP contribution in [0.2, 0.25) is 10.0 Å². The van der Waals surface area contributed by atoms with Gasteiger partial charge in [0.05, 0.1) is 26.9 Å². The number of nitrogens with zero attached hydrogens (tertiary/aromatic N) is 4. The van der Waals surface area contributed by atoms with Crippen molar-refractivity contribution in [1.82, 2.24) is 19.5 Å². The number of amides is 1. The van der Waals surface area contributed by atoms with E-state index in [-0.39, 0.29) is 56.1 Å². The maximum absolute atomic E-state index is 13.5. The van der Waals surface area contributed by atoms with E-state index in [0.717, 1.165) is 10.6 Å². The molecular formula is C24H23Cl2F3N4O4. The molecule has 4 rings (SSSR count). The Hall–Kier alpha value is -2.73. The molecule has 3 aromatic rings. The number of halogens is 5. The third-order valence-electron chi connectivity index (χ3n) is 6.49. The number of imidazole rings is 1. The van der Waals surface area contributed by atoms with Crippen LogP contribution in [-0.4, -0.2) is 60.8 Å². The number of aromatic nitrogens is 3. The lowest BCUT2D eigenvalue weighted by Crippen LogP contribution is -2.39. The highest BCUT2D eigenvalue weighted by Gasteiger charge is 2.35. The van der Waals surface area contributed by atoms with E-state index in [0.29, 0.717) is 25.9 Å². The van der Waals surface area contributed by atoms with Crippen molar-refractivity contribution in [2.24, 2.45) is 5.92 Å². The Morgan fingerprint density at radius 2 is 1.81 bits per heavy atom. The number of alkyl halides is 3. The molecule has 8 nitrogen and oxygen atoms in total. The monoisotopic (exact) mass is 558 g/mol.